The van der Waals surface area contributed by atoms with Crippen LogP contribution in [0.2, 0.25) is 5.02 Å². The van der Waals surface area contributed by atoms with E-state index in [2.05, 4.69) is 24.1 Å². The molecule has 1 aromatic rings. The van der Waals surface area contributed by atoms with E-state index in [0.717, 1.165) is 26.1 Å². The first-order chi connectivity index (χ1) is 11.6. The number of amides is 2. The van der Waals surface area contributed by atoms with Crippen molar-refractivity contribution in [2.45, 2.75) is 26.7 Å². The standard InChI is InChI=1S/C18H26ClN3O2/c1-3-21(4-2)11-7-10-20-18(24)14-12-17(23)22(13-14)16-9-6-5-8-15(16)19/h5-6,8-9,14H,3-4,7,10-13H2,1-2H3,(H,20,24)/t14-/m0/s1. The van der Waals surface area contributed by atoms with E-state index in [-0.39, 0.29) is 24.2 Å². The molecular formula is C18H26ClN3O2. The molecule has 1 atom stereocenters. The topological polar surface area (TPSA) is 52.7 Å². The Morgan fingerprint density at radius 3 is 2.71 bits per heavy atom. The molecule has 0 saturated carbocycles. The zero-order valence-corrected chi connectivity index (χ0v) is 15.2. The number of hydrogen-bond donors (Lipinski definition) is 1. The average molecular weight is 352 g/mol. The monoisotopic (exact) mass is 351 g/mol. The minimum atomic E-state index is -0.303. The van der Waals surface area contributed by atoms with E-state index in [1.165, 1.54) is 0 Å². The van der Waals surface area contributed by atoms with Gasteiger partial charge in [0.2, 0.25) is 11.8 Å². The molecule has 0 radical (unpaired) electrons. The Balaban J connectivity index is 1.82. The lowest BCUT2D eigenvalue weighted by molar-refractivity contribution is -0.126. The van der Waals surface area contributed by atoms with Crippen molar-refractivity contribution >= 4 is 29.1 Å². The average Bonchev–Trinajstić information content (AvgIpc) is 2.97. The maximum Gasteiger partial charge on any atom is 0.227 e. The van der Waals surface area contributed by atoms with E-state index >= 15 is 0 Å². The largest absolute Gasteiger partial charge is 0.356 e. The second kappa shape index (κ2) is 9.04. The number of carbonyl (C=O) groups is 2. The van der Waals surface area contributed by atoms with Crippen molar-refractivity contribution in [1.82, 2.24) is 10.2 Å². The first-order valence-corrected chi connectivity index (χ1v) is 8.99. The number of nitrogens with zero attached hydrogens (tertiary/aromatic N) is 2. The first kappa shape index (κ1) is 18.7. The van der Waals surface area contributed by atoms with Gasteiger partial charge in [0.25, 0.3) is 0 Å². The Kier molecular flexibility index (Phi) is 7.06. The van der Waals surface area contributed by atoms with Crippen LogP contribution in [-0.2, 0) is 9.59 Å². The predicted molar refractivity (Wildman–Crippen MR) is 97.3 cm³/mol. The summed E-state index contributed by atoms with van der Waals surface area (Å²) in [5.41, 5.74) is 0.681. The van der Waals surface area contributed by atoms with Gasteiger partial charge in [0, 0.05) is 19.5 Å². The Morgan fingerprint density at radius 1 is 1.33 bits per heavy atom. The molecule has 0 bridgehead atoms. The maximum atomic E-state index is 12.3. The van der Waals surface area contributed by atoms with E-state index in [0.29, 0.717) is 23.8 Å². The molecule has 1 aliphatic rings. The fourth-order valence-corrected chi connectivity index (χ4v) is 3.22. The van der Waals surface area contributed by atoms with Crippen LogP contribution >= 0.6 is 11.6 Å². The minimum Gasteiger partial charge on any atom is -0.356 e. The highest BCUT2D eigenvalue weighted by Gasteiger charge is 2.35. The van der Waals surface area contributed by atoms with Crippen molar-refractivity contribution < 1.29 is 9.59 Å². The number of nitrogens with one attached hydrogen (secondary N) is 1. The van der Waals surface area contributed by atoms with Crippen LogP contribution in [-0.4, -0.2) is 49.4 Å². The molecule has 1 N–H and O–H groups in total. The summed E-state index contributed by atoms with van der Waals surface area (Å²) in [6.07, 6.45) is 1.16. The van der Waals surface area contributed by atoms with Gasteiger partial charge in [-0.1, -0.05) is 37.6 Å². The highest BCUT2D eigenvalue weighted by atomic mass is 35.5. The number of halogens is 1. The molecule has 6 heteroatoms. The Hall–Kier alpha value is -1.59. The summed E-state index contributed by atoms with van der Waals surface area (Å²) in [6, 6.07) is 7.23. The molecule has 1 fully saturated rings. The Bertz CT molecular complexity index is 575. The first-order valence-electron chi connectivity index (χ1n) is 8.61. The third-order valence-corrected chi connectivity index (χ3v) is 4.80. The van der Waals surface area contributed by atoms with Gasteiger partial charge in [-0.25, -0.2) is 0 Å². The molecule has 1 aromatic carbocycles. The van der Waals surface area contributed by atoms with Crippen molar-refractivity contribution in [2.24, 2.45) is 5.92 Å². The molecule has 0 unspecified atom stereocenters. The van der Waals surface area contributed by atoms with Gasteiger partial charge in [0.15, 0.2) is 0 Å². The third-order valence-electron chi connectivity index (χ3n) is 4.48. The fraction of sp³-hybridized carbons (Fsp3) is 0.556. The minimum absolute atomic E-state index is 0.0440. The van der Waals surface area contributed by atoms with E-state index in [1.807, 2.05) is 18.2 Å². The second-order valence-electron chi connectivity index (χ2n) is 6.03. The van der Waals surface area contributed by atoms with Gasteiger partial charge in [-0.15, -0.1) is 0 Å². The van der Waals surface area contributed by atoms with Gasteiger partial charge in [-0.05, 0) is 38.2 Å². The number of hydrogen-bond acceptors (Lipinski definition) is 3. The van der Waals surface area contributed by atoms with Crippen LogP contribution in [0, 0.1) is 5.92 Å². The number of para-hydroxylation sites is 1. The van der Waals surface area contributed by atoms with Gasteiger partial charge in [-0.3, -0.25) is 9.59 Å². The van der Waals surface area contributed by atoms with Crippen molar-refractivity contribution in [3.63, 3.8) is 0 Å². The van der Waals surface area contributed by atoms with Crippen LogP contribution in [0.3, 0.4) is 0 Å². The van der Waals surface area contributed by atoms with Crippen LogP contribution in [0.1, 0.15) is 26.7 Å². The van der Waals surface area contributed by atoms with Crippen molar-refractivity contribution in [1.29, 1.82) is 0 Å². The van der Waals surface area contributed by atoms with E-state index in [4.69, 9.17) is 11.6 Å². The molecular weight excluding hydrogens is 326 g/mol. The van der Waals surface area contributed by atoms with Gasteiger partial charge in [0.1, 0.15) is 0 Å². The summed E-state index contributed by atoms with van der Waals surface area (Å²) in [6.45, 7) is 8.33. The molecule has 1 aliphatic heterocycles. The number of rotatable bonds is 8. The number of carbonyl (C=O) groups excluding carboxylic acids is 2. The van der Waals surface area contributed by atoms with Crippen molar-refractivity contribution in [2.75, 3.05) is 37.6 Å². The van der Waals surface area contributed by atoms with E-state index < -0.39 is 0 Å². The van der Waals surface area contributed by atoms with Crippen LogP contribution in [0.5, 0.6) is 0 Å². The summed E-state index contributed by atoms with van der Waals surface area (Å²) >= 11 is 6.16. The quantitative estimate of drug-likeness (QED) is 0.732. The number of anilines is 1. The summed E-state index contributed by atoms with van der Waals surface area (Å²) < 4.78 is 0. The van der Waals surface area contributed by atoms with Crippen LogP contribution in [0.25, 0.3) is 0 Å². The predicted octanol–water partition coefficient (Wildman–Crippen LogP) is 2.54. The smallest absolute Gasteiger partial charge is 0.227 e. The molecule has 0 aromatic heterocycles. The maximum absolute atomic E-state index is 12.3. The zero-order valence-electron chi connectivity index (χ0n) is 14.4. The third kappa shape index (κ3) is 4.71. The zero-order chi connectivity index (χ0) is 17.5. The van der Waals surface area contributed by atoms with Crippen LogP contribution in [0.4, 0.5) is 5.69 Å². The summed E-state index contributed by atoms with van der Waals surface area (Å²) in [5.74, 6) is -0.397. The number of benzene rings is 1. The Labute approximate surface area is 149 Å². The van der Waals surface area contributed by atoms with Crippen LogP contribution in [0.15, 0.2) is 24.3 Å². The van der Waals surface area contributed by atoms with Gasteiger partial charge in [-0.2, -0.15) is 0 Å². The molecule has 132 valence electrons. The lowest BCUT2D eigenvalue weighted by atomic mass is 10.1. The SMILES string of the molecule is CCN(CC)CCCNC(=O)[C@H]1CC(=O)N(c2ccccc2Cl)C1. The molecule has 2 rings (SSSR count). The summed E-state index contributed by atoms with van der Waals surface area (Å²) in [4.78, 5) is 28.5. The lowest BCUT2D eigenvalue weighted by Crippen LogP contribution is -2.35. The fourth-order valence-electron chi connectivity index (χ4n) is 2.99. The molecule has 0 spiro atoms. The van der Waals surface area contributed by atoms with Gasteiger partial charge in [0.05, 0.1) is 16.6 Å². The summed E-state index contributed by atoms with van der Waals surface area (Å²) in [5, 5.41) is 3.49. The summed E-state index contributed by atoms with van der Waals surface area (Å²) in [7, 11) is 0. The van der Waals surface area contributed by atoms with Gasteiger partial charge < -0.3 is 15.1 Å². The molecule has 0 aliphatic carbocycles. The highest BCUT2D eigenvalue weighted by molar-refractivity contribution is 6.33. The molecule has 1 heterocycles. The van der Waals surface area contributed by atoms with Crippen LogP contribution < -0.4 is 10.2 Å². The lowest BCUT2D eigenvalue weighted by Gasteiger charge is -2.19. The molecule has 5 nitrogen and oxygen atoms in total. The second-order valence-corrected chi connectivity index (χ2v) is 6.44. The Morgan fingerprint density at radius 2 is 2.04 bits per heavy atom. The van der Waals surface area contributed by atoms with Crippen molar-refractivity contribution in [3.05, 3.63) is 29.3 Å². The highest BCUT2D eigenvalue weighted by Crippen LogP contribution is 2.30. The van der Waals surface area contributed by atoms with Crippen molar-refractivity contribution in [3.8, 4) is 0 Å². The molecule has 2 amide bonds. The van der Waals surface area contributed by atoms with E-state index in [9.17, 15) is 9.59 Å². The molecule has 1 saturated heterocycles. The van der Waals surface area contributed by atoms with Gasteiger partial charge >= 0.3 is 0 Å². The normalized spacial score (nSPS) is 17.6. The van der Waals surface area contributed by atoms with E-state index in [1.54, 1.807) is 11.0 Å². The molecule has 24 heavy (non-hydrogen) atoms.